The molecule has 0 saturated carbocycles. The first kappa shape index (κ1) is 29.4. The zero-order valence-electron chi connectivity index (χ0n) is 22.5. The van der Waals surface area contributed by atoms with Crippen LogP contribution in [0.2, 0.25) is 5.02 Å². The molecule has 1 aromatic heterocycles. The molecule has 2 heterocycles. The predicted molar refractivity (Wildman–Crippen MR) is 150 cm³/mol. The number of carbonyl (C=O) groups excluding carboxylic acids is 1. The van der Waals surface area contributed by atoms with Crippen LogP contribution in [0.1, 0.15) is 32.7 Å². The van der Waals surface area contributed by atoms with Gasteiger partial charge in [0.05, 0.1) is 28.2 Å². The van der Waals surface area contributed by atoms with Crippen LogP contribution in [-0.4, -0.2) is 58.7 Å². The van der Waals surface area contributed by atoms with E-state index >= 15 is 0 Å². The average molecular weight is 577 g/mol. The fourth-order valence-corrected chi connectivity index (χ4v) is 4.62. The lowest BCUT2D eigenvalue weighted by Gasteiger charge is -2.32. The average Bonchev–Trinajstić information content (AvgIpc) is 3.23. The molecule has 0 bridgehead atoms. The Morgan fingerprint density at radius 1 is 1.15 bits per heavy atom. The van der Waals surface area contributed by atoms with Gasteiger partial charge in [-0.2, -0.15) is 18.3 Å². The summed E-state index contributed by atoms with van der Waals surface area (Å²) in [5.74, 6) is 5.58. The molecule has 40 heavy (non-hydrogen) atoms. The molecule has 214 valence electrons. The van der Waals surface area contributed by atoms with Crippen molar-refractivity contribution in [3.8, 4) is 0 Å². The van der Waals surface area contributed by atoms with Crippen LogP contribution in [0.25, 0.3) is 5.70 Å². The topological polar surface area (TPSA) is 109 Å². The van der Waals surface area contributed by atoms with Crippen molar-refractivity contribution < 1.29 is 18.0 Å². The van der Waals surface area contributed by atoms with Gasteiger partial charge >= 0.3 is 6.18 Å². The molecule has 2 aromatic carbocycles. The number of nitrogens with two attached hydrogens (primary N) is 2. The molecule has 0 atom stereocenters. The molecule has 0 unspecified atom stereocenters. The smallest absolute Gasteiger partial charge is 0.397 e. The molecule has 9 nitrogen and oxygen atoms in total. The number of nitrogens with one attached hydrogen (secondary N) is 1. The van der Waals surface area contributed by atoms with Crippen molar-refractivity contribution in [3.05, 3.63) is 81.8 Å². The van der Waals surface area contributed by atoms with Crippen LogP contribution in [0.4, 0.5) is 24.5 Å². The molecule has 0 radical (unpaired) electrons. The number of alkyl halides is 3. The number of aromatic nitrogens is 2. The van der Waals surface area contributed by atoms with Crippen molar-refractivity contribution >= 4 is 34.6 Å². The highest BCUT2D eigenvalue weighted by Crippen LogP contribution is 2.33. The minimum atomic E-state index is -4.57. The molecular weight excluding hydrogens is 545 g/mol. The number of carbonyl (C=O) groups is 1. The fourth-order valence-electron chi connectivity index (χ4n) is 4.41. The van der Waals surface area contributed by atoms with Crippen LogP contribution in [0.5, 0.6) is 0 Å². The Morgan fingerprint density at radius 3 is 2.48 bits per heavy atom. The number of likely N-dealkylation sites (N-methyl/N-ethyl adjacent to an activating group) is 1. The van der Waals surface area contributed by atoms with Gasteiger partial charge in [-0.1, -0.05) is 11.6 Å². The molecule has 3 aromatic rings. The minimum Gasteiger partial charge on any atom is -0.397 e. The SMILES string of the molecule is Cc1c(/C(N)=C/N(N)c2cc(C(=O)Nc3cc(CN4CCN(C)CC4)cc(C(F)(F)F)c3)ccc2Cl)cnn1C. The number of hydrogen-bond acceptors (Lipinski definition) is 7. The van der Waals surface area contributed by atoms with E-state index in [9.17, 15) is 18.0 Å². The number of benzene rings is 2. The number of amides is 1. The Labute approximate surface area is 235 Å². The van der Waals surface area contributed by atoms with Crippen molar-refractivity contribution in [1.29, 1.82) is 0 Å². The summed E-state index contributed by atoms with van der Waals surface area (Å²) in [4.78, 5) is 17.4. The third-order valence-electron chi connectivity index (χ3n) is 6.89. The Kier molecular flexibility index (Phi) is 8.74. The van der Waals surface area contributed by atoms with E-state index in [0.29, 0.717) is 23.4 Å². The summed E-state index contributed by atoms with van der Waals surface area (Å²) in [6, 6.07) is 8.01. The lowest BCUT2D eigenvalue weighted by molar-refractivity contribution is -0.137. The minimum absolute atomic E-state index is 0.0428. The van der Waals surface area contributed by atoms with Gasteiger partial charge in [0, 0.05) is 68.5 Å². The number of rotatable bonds is 7. The van der Waals surface area contributed by atoms with Gasteiger partial charge in [0.1, 0.15) is 0 Å². The number of piperazine rings is 1. The Morgan fingerprint density at radius 2 is 1.85 bits per heavy atom. The molecule has 0 spiro atoms. The van der Waals surface area contributed by atoms with E-state index in [1.54, 1.807) is 24.0 Å². The maximum Gasteiger partial charge on any atom is 0.416 e. The zero-order chi connectivity index (χ0) is 29.2. The van der Waals surface area contributed by atoms with E-state index in [1.807, 2.05) is 14.0 Å². The predicted octanol–water partition coefficient (Wildman–Crippen LogP) is 4.04. The maximum atomic E-state index is 13.7. The molecule has 1 aliphatic heterocycles. The summed E-state index contributed by atoms with van der Waals surface area (Å²) >= 11 is 6.34. The number of nitrogens with zero attached hydrogens (tertiary/aromatic N) is 5. The lowest BCUT2D eigenvalue weighted by atomic mass is 10.1. The maximum absolute atomic E-state index is 13.7. The standard InChI is InChI=1S/C27H32ClF3N8O/c1-17-22(14-34-37(17)3)24(32)16-39(33)25-12-19(4-5-23(25)28)26(40)35-21-11-18(10-20(13-21)27(29,30)31)15-38-8-6-36(2)7-9-38/h4-5,10-14,16H,6-9,15,32-33H2,1-3H3,(H,35,40)/b24-16-. The first-order chi connectivity index (χ1) is 18.8. The van der Waals surface area contributed by atoms with Crippen LogP contribution in [-0.2, 0) is 19.8 Å². The van der Waals surface area contributed by atoms with E-state index in [2.05, 4.69) is 20.2 Å². The van der Waals surface area contributed by atoms with Crippen molar-refractivity contribution in [2.24, 2.45) is 18.6 Å². The third-order valence-corrected chi connectivity index (χ3v) is 7.21. The molecule has 4 rings (SSSR count). The van der Waals surface area contributed by atoms with Crippen molar-refractivity contribution in [3.63, 3.8) is 0 Å². The van der Waals surface area contributed by atoms with E-state index in [4.69, 9.17) is 23.2 Å². The molecule has 1 fully saturated rings. The summed E-state index contributed by atoms with van der Waals surface area (Å²) < 4.78 is 42.7. The van der Waals surface area contributed by atoms with Crippen molar-refractivity contribution in [2.45, 2.75) is 19.6 Å². The number of halogens is 4. The molecule has 0 aliphatic carbocycles. The summed E-state index contributed by atoms with van der Waals surface area (Å²) in [5.41, 5.74) is 8.14. The molecule has 1 amide bonds. The van der Waals surface area contributed by atoms with Crippen LogP contribution in [0.3, 0.4) is 0 Å². The molecule has 1 aliphatic rings. The highest BCUT2D eigenvalue weighted by Gasteiger charge is 2.31. The summed E-state index contributed by atoms with van der Waals surface area (Å²) in [6.07, 6.45) is -1.51. The van der Waals surface area contributed by atoms with Crippen LogP contribution in [0.15, 0.2) is 48.8 Å². The van der Waals surface area contributed by atoms with Crippen LogP contribution < -0.4 is 21.9 Å². The summed E-state index contributed by atoms with van der Waals surface area (Å²) in [6.45, 7) is 5.36. The summed E-state index contributed by atoms with van der Waals surface area (Å²) in [5, 5.41) is 8.19. The van der Waals surface area contributed by atoms with Crippen molar-refractivity contribution in [2.75, 3.05) is 43.6 Å². The fraction of sp³-hybridized carbons (Fsp3) is 0.333. The highest BCUT2D eigenvalue weighted by molar-refractivity contribution is 6.33. The van der Waals surface area contributed by atoms with Gasteiger partial charge in [-0.25, -0.2) is 5.84 Å². The zero-order valence-corrected chi connectivity index (χ0v) is 23.2. The van der Waals surface area contributed by atoms with Crippen molar-refractivity contribution in [1.82, 2.24) is 19.6 Å². The number of hydrogen-bond donors (Lipinski definition) is 3. The van der Waals surface area contributed by atoms with Crippen LogP contribution in [0, 0.1) is 6.92 Å². The first-order valence-corrected chi connectivity index (χ1v) is 12.9. The quantitative estimate of drug-likeness (QED) is 0.288. The van der Waals surface area contributed by atoms with Gasteiger partial charge in [-0.3, -0.25) is 19.4 Å². The number of anilines is 2. The van der Waals surface area contributed by atoms with Gasteiger partial charge in [0.2, 0.25) is 0 Å². The van der Waals surface area contributed by atoms with Gasteiger partial charge in [-0.05, 0) is 55.9 Å². The Bertz CT molecular complexity index is 1410. The summed E-state index contributed by atoms with van der Waals surface area (Å²) in [7, 11) is 3.79. The van der Waals surface area contributed by atoms with Gasteiger partial charge in [0.15, 0.2) is 0 Å². The lowest BCUT2D eigenvalue weighted by Crippen LogP contribution is -2.43. The second-order valence-corrected chi connectivity index (χ2v) is 10.3. The van der Waals surface area contributed by atoms with Crippen LogP contribution >= 0.6 is 11.6 Å². The largest absolute Gasteiger partial charge is 0.416 e. The molecular formula is C27H32ClF3N8O. The second-order valence-electron chi connectivity index (χ2n) is 9.88. The first-order valence-electron chi connectivity index (χ1n) is 12.5. The second kappa shape index (κ2) is 11.9. The van der Waals surface area contributed by atoms with Gasteiger partial charge < -0.3 is 16.0 Å². The third kappa shape index (κ3) is 6.94. The highest BCUT2D eigenvalue weighted by atomic mass is 35.5. The molecule has 1 saturated heterocycles. The van der Waals surface area contributed by atoms with Gasteiger partial charge in [-0.15, -0.1) is 0 Å². The Balaban J connectivity index is 1.56. The van der Waals surface area contributed by atoms with E-state index in [0.717, 1.165) is 44.0 Å². The monoisotopic (exact) mass is 576 g/mol. The van der Waals surface area contributed by atoms with Gasteiger partial charge in [0.25, 0.3) is 5.91 Å². The Hall–Kier alpha value is -3.58. The van der Waals surface area contributed by atoms with E-state index in [1.165, 1.54) is 29.4 Å². The number of hydrazine groups is 1. The van der Waals surface area contributed by atoms with E-state index in [-0.39, 0.29) is 22.0 Å². The van der Waals surface area contributed by atoms with E-state index < -0.39 is 17.6 Å². The number of aryl methyl sites for hydroxylation is 1. The normalized spacial score (nSPS) is 15.3. The molecule has 13 heteroatoms. The molecule has 5 N–H and O–H groups in total.